The van der Waals surface area contributed by atoms with E-state index in [1.165, 1.54) is 35.4 Å². The van der Waals surface area contributed by atoms with Gasteiger partial charge in [-0.3, -0.25) is 9.59 Å². The van der Waals surface area contributed by atoms with E-state index in [1.807, 2.05) is 107 Å². The van der Waals surface area contributed by atoms with Crippen LogP contribution in [0.25, 0.3) is 0 Å². The lowest BCUT2D eigenvalue weighted by molar-refractivity contribution is -0.121. The molecule has 320 valence electrons. The highest BCUT2D eigenvalue weighted by Crippen LogP contribution is 2.32. The largest absolute Gasteiger partial charge is 0.310 e. The smallest absolute Gasteiger partial charge is 0.248 e. The van der Waals surface area contributed by atoms with Gasteiger partial charge >= 0.3 is 0 Å². The number of nitrogens with two attached hydrogens (primary N) is 2. The van der Waals surface area contributed by atoms with Crippen LogP contribution in [0.5, 0.6) is 0 Å². The fourth-order valence-electron chi connectivity index (χ4n) is 7.85. The number of fused-ring (bicyclic) bond motifs is 2. The van der Waals surface area contributed by atoms with Crippen molar-refractivity contribution in [3.63, 3.8) is 0 Å². The first-order valence-electron chi connectivity index (χ1n) is 20.5. The predicted molar refractivity (Wildman–Crippen MR) is 242 cm³/mol. The molecule has 12 nitrogen and oxygen atoms in total. The molecule has 0 bridgehead atoms. The number of hydrogen-bond donors (Lipinski definition) is 4. The molecule has 2 amide bonds. The predicted octanol–water partition coefficient (Wildman–Crippen LogP) is 5.59. The summed E-state index contributed by atoms with van der Waals surface area (Å²) in [5, 5.41) is 17.1. The molecular weight excluding hydrogens is 821 g/mol. The molecule has 0 unspecified atom stereocenters. The number of nitrogens with zero attached hydrogens (tertiary/aromatic N) is 2. The van der Waals surface area contributed by atoms with Gasteiger partial charge in [0.15, 0.2) is 0 Å². The summed E-state index contributed by atoms with van der Waals surface area (Å²) in [6, 6.07) is 47.6. The van der Waals surface area contributed by atoms with E-state index >= 15 is 0 Å². The van der Waals surface area contributed by atoms with Crippen LogP contribution < -0.4 is 30.7 Å². The Morgan fingerprint density at radius 2 is 0.823 bits per heavy atom. The van der Waals surface area contributed by atoms with Gasteiger partial charge in [0.25, 0.3) is 0 Å². The van der Waals surface area contributed by atoms with Gasteiger partial charge in [0, 0.05) is 37.6 Å². The number of para-hydroxylation sites is 2. The first-order chi connectivity index (χ1) is 29.9. The molecule has 0 saturated heterocycles. The number of carbonyl (C=O) groups is 2. The summed E-state index contributed by atoms with van der Waals surface area (Å²) in [5.74, 6) is 0.0569. The standard InChI is InChI=1S/2C24H25N3O3S/c2*25-31(29,30)21-12-10-18(11-13-21)14-16-26-23(20-7-2-1-3-8-20)24(28)27-17-15-19-6-4-5-9-22(19)27/h2*1-13,23,26H,14-17H2,(H2,25,29,30)/t2*23-/m10/s1. The molecule has 2 heterocycles. The summed E-state index contributed by atoms with van der Waals surface area (Å²) in [4.78, 5) is 30.9. The fraction of sp³-hybridized carbons (Fsp3) is 0.208. The van der Waals surface area contributed by atoms with Crippen molar-refractivity contribution in [1.29, 1.82) is 0 Å². The third-order valence-corrected chi connectivity index (χ3v) is 13.0. The molecule has 0 radical (unpaired) electrons. The highest BCUT2D eigenvalue weighted by Gasteiger charge is 2.32. The number of benzene rings is 6. The van der Waals surface area contributed by atoms with Crippen molar-refractivity contribution in [2.75, 3.05) is 36.0 Å². The average Bonchev–Trinajstić information content (AvgIpc) is 3.92. The molecular formula is C48H50N6O6S2. The second-order valence-electron chi connectivity index (χ2n) is 15.2. The molecule has 14 heteroatoms. The molecule has 2 atom stereocenters. The monoisotopic (exact) mass is 870 g/mol. The molecule has 2 aliphatic rings. The number of rotatable bonds is 14. The Bertz CT molecular complexity index is 2510. The van der Waals surface area contributed by atoms with Crippen LogP contribution in [0.15, 0.2) is 168 Å². The van der Waals surface area contributed by atoms with Gasteiger partial charge in [-0.1, -0.05) is 121 Å². The zero-order chi connectivity index (χ0) is 43.7. The van der Waals surface area contributed by atoms with E-state index in [-0.39, 0.29) is 21.6 Å². The molecule has 0 aromatic heterocycles. The maximum atomic E-state index is 13.5. The summed E-state index contributed by atoms with van der Waals surface area (Å²) in [5.41, 5.74) is 8.11. The van der Waals surface area contributed by atoms with Gasteiger partial charge in [-0.05, 0) is 95.5 Å². The van der Waals surface area contributed by atoms with Gasteiger partial charge in [-0.2, -0.15) is 0 Å². The van der Waals surface area contributed by atoms with E-state index in [9.17, 15) is 26.4 Å². The minimum atomic E-state index is -3.70. The lowest BCUT2D eigenvalue weighted by Crippen LogP contribution is -2.41. The topological polar surface area (TPSA) is 185 Å². The van der Waals surface area contributed by atoms with Crippen molar-refractivity contribution < 1.29 is 26.4 Å². The Hall–Kier alpha value is -6.00. The van der Waals surface area contributed by atoms with Gasteiger partial charge in [-0.15, -0.1) is 0 Å². The summed E-state index contributed by atoms with van der Waals surface area (Å²) < 4.78 is 45.7. The Morgan fingerprint density at radius 1 is 0.484 bits per heavy atom. The van der Waals surface area contributed by atoms with Crippen LogP contribution in [0.1, 0.15) is 45.5 Å². The lowest BCUT2D eigenvalue weighted by Gasteiger charge is -2.25. The Balaban J connectivity index is 0.000000186. The van der Waals surface area contributed by atoms with Crippen molar-refractivity contribution in [1.82, 2.24) is 10.6 Å². The van der Waals surface area contributed by atoms with Gasteiger partial charge in [0.1, 0.15) is 12.1 Å². The van der Waals surface area contributed by atoms with Crippen LogP contribution >= 0.6 is 0 Å². The lowest BCUT2D eigenvalue weighted by atomic mass is 10.0. The SMILES string of the molecule is NS(=O)(=O)c1ccc(CCN[C@@H](C(=O)N2CCc3ccccc32)c2ccccc2)cc1.NS(=O)(=O)c1ccc(CCN[C@H](C(=O)N2CCc3ccccc32)c2ccccc2)cc1. The molecule has 0 fully saturated rings. The maximum absolute atomic E-state index is 13.5. The first kappa shape index (κ1) is 44.1. The molecule has 0 aliphatic carbocycles. The van der Waals surface area contributed by atoms with Crippen LogP contribution in [0.3, 0.4) is 0 Å². The van der Waals surface area contributed by atoms with Crippen molar-refractivity contribution in [2.24, 2.45) is 10.3 Å². The van der Waals surface area contributed by atoms with Gasteiger partial charge in [0.05, 0.1) is 9.79 Å². The Kier molecular flexibility index (Phi) is 14.1. The minimum Gasteiger partial charge on any atom is -0.310 e. The van der Waals surface area contributed by atoms with Crippen molar-refractivity contribution in [2.45, 2.75) is 47.6 Å². The van der Waals surface area contributed by atoms with Crippen LogP contribution in [0, 0.1) is 0 Å². The van der Waals surface area contributed by atoms with Crippen molar-refractivity contribution >= 4 is 43.2 Å². The molecule has 6 aromatic carbocycles. The number of hydrogen-bond acceptors (Lipinski definition) is 8. The second-order valence-corrected chi connectivity index (χ2v) is 18.3. The number of primary sulfonamides is 2. The number of anilines is 2. The highest BCUT2D eigenvalue weighted by atomic mass is 32.2. The minimum absolute atomic E-state index is 0.0284. The summed E-state index contributed by atoms with van der Waals surface area (Å²) >= 11 is 0. The number of amides is 2. The van der Waals surface area contributed by atoms with E-state index < -0.39 is 32.1 Å². The normalized spacial score (nSPS) is 14.3. The van der Waals surface area contributed by atoms with Crippen molar-refractivity contribution in [3.05, 3.63) is 191 Å². The molecule has 62 heavy (non-hydrogen) atoms. The number of carbonyl (C=O) groups excluding carboxylic acids is 2. The summed E-state index contributed by atoms with van der Waals surface area (Å²) in [7, 11) is -7.40. The summed E-state index contributed by atoms with van der Waals surface area (Å²) in [6.07, 6.45) is 3.02. The fourth-order valence-corrected chi connectivity index (χ4v) is 8.88. The van der Waals surface area contributed by atoms with Crippen LogP contribution in [-0.2, 0) is 55.3 Å². The van der Waals surface area contributed by atoms with E-state index in [4.69, 9.17) is 10.3 Å². The second kappa shape index (κ2) is 19.8. The maximum Gasteiger partial charge on any atom is 0.248 e. The molecule has 0 saturated carbocycles. The van der Waals surface area contributed by atoms with E-state index in [0.29, 0.717) is 39.0 Å². The first-order valence-corrected chi connectivity index (χ1v) is 23.5. The Morgan fingerprint density at radius 3 is 1.18 bits per heavy atom. The zero-order valence-corrected chi connectivity index (χ0v) is 35.8. The third-order valence-electron chi connectivity index (χ3n) is 11.1. The van der Waals surface area contributed by atoms with Gasteiger partial charge < -0.3 is 20.4 Å². The molecule has 2 aliphatic heterocycles. The molecule has 6 aromatic rings. The Labute approximate surface area is 363 Å². The van der Waals surface area contributed by atoms with Crippen molar-refractivity contribution in [3.8, 4) is 0 Å². The van der Waals surface area contributed by atoms with Crippen LogP contribution in [0.2, 0.25) is 0 Å². The average molecular weight is 871 g/mol. The van der Waals surface area contributed by atoms with E-state index in [1.54, 1.807) is 24.3 Å². The number of nitrogens with one attached hydrogen (secondary N) is 2. The molecule has 6 N–H and O–H groups in total. The third kappa shape index (κ3) is 10.9. The van der Waals surface area contributed by atoms with Crippen LogP contribution in [0.4, 0.5) is 11.4 Å². The molecule has 8 rings (SSSR count). The summed E-state index contributed by atoms with van der Waals surface area (Å²) in [6.45, 7) is 2.49. The van der Waals surface area contributed by atoms with E-state index in [0.717, 1.165) is 46.5 Å². The van der Waals surface area contributed by atoms with Gasteiger partial charge in [-0.25, -0.2) is 27.1 Å². The van der Waals surface area contributed by atoms with E-state index in [2.05, 4.69) is 22.8 Å². The highest BCUT2D eigenvalue weighted by molar-refractivity contribution is 7.89. The zero-order valence-electron chi connectivity index (χ0n) is 34.1. The quantitative estimate of drug-likeness (QED) is 0.109. The molecule has 0 spiro atoms. The van der Waals surface area contributed by atoms with Crippen LogP contribution in [-0.4, -0.2) is 54.8 Å². The number of sulfonamides is 2. The van der Waals surface area contributed by atoms with Gasteiger partial charge in [0.2, 0.25) is 31.9 Å².